The summed E-state index contributed by atoms with van der Waals surface area (Å²) in [5.74, 6) is -7.79. The van der Waals surface area contributed by atoms with Gasteiger partial charge in [0.1, 0.15) is 34.7 Å². The van der Waals surface area contributed by atoms with Crippen molar-refractivity contribution >= 4 is 23.6 Å². The van der Waals surface area contributed by atoms with E-state index in [4.69, 9.17) is 9.47 Å². The maximum Gasteiger partial charge on any atom is 0.276 e. The molecule has 6 aliphatic heterocycles. The summed E-state index contributed by atoms with van der Waals surface area (Å²) in [6.07, 6.45) is -1.61. The summed E-state index contributed by atoms with van der Waals surface area (Å²) in [7, 11) is 0. The van der Waals surface area contributed by atoms with E-state index in [1.165, 1.54) is 37.1 Å². The number of nitrogens with zero attached hydrogens (tertiary/aromatic N) is 4. The van der Waals surface area contributed by atoms with E-state index in [1.54, 1.807) is 6.07 Å². The fourth-order valence-corrected chi connectivity index (χ4v) is 9.61. The number of nitrogens with one attached hydrogen (secondary N) is 2. The largest absolute Gasteiger partial charge is 0.503 e. The molecule has 6 aliphatic rings. The highest BCUT2D eigenvalue weighted by Gasteiger charge is 2.52. The van der Waals surface area contributed by atoms with Crippen molar-refractivity contribution in [3.8, 4) is 11.5 Å². The fraction of sp³-hybridized carbons (Fsp3) is 0.350. The van der Waals surface area contributed by atoms with Crippen molar-refractivity contribution in [2.24, 2.45) is 0 Å². The minimum absolute atomic E-state index is 0.0106. The Morgan fingerprint density at radius 1 is 0.746 bits per heavy atom. The Labute approximate surface area is 330 Å². The van der Waals surface area contributed by atoms with E-state index in [-0.39, 0.29) is 85.0 Å². The van der Waals surface area contributed by atoms with Crippen LogP contribution < -0.4 is 21.5 Å². The first-order chi connectivity index (χ1) is 28.3. The molecular weight excluding hydrogens is 781 g/mol. The number of carbonyl (C=O) groups excluding carboxylic acids is 4. The van der Waals surface area contributed by atoms with Crippen molar-refractivity contribution in [2.75, 3.05) is 19.7 Å². The third kappa shape index (κ3) is 5.29. The summed E-state index contributed by atoms with van der Waals surface area (Å²) in [6, 6.07) is 6.63. The van der Waals surface area contributed by atoms with Gasteiger partial charge < -0.3 is 49.3 Å². The van der Waals surface area contributed by atoms with Crippen LogP contribution in [0.2, 0.25) is 0 Å². The number of fused-ring (bicyclic) bond motifs is 4. The number of pyridine rings is 2. The van der Waals surface area contributed by atoms with Gasteiger partial charge in [0.2, 0.25) is 10.9 Å². The van der Waals surface area contributed by atoms with E-state index in [1.807, 2.05) is 0 Å². The zero-order chi connectivity index (χ0) is 41.2. The van der Waals surface area contributed by atoms with E-state index >= 15 is 8.78 Å². The summed E-state index contributed by atoms with van der Waals surface area (Å²) in [6.45, 7) is -0.570. The summed E-state index contributed by atoms with van der Waals surface area (Å²) >= 11 is 0. The third-order valence-corrected chi connectivity index (χ3v) is 12.3. The van der Waals surface area contributed by atoms with Crippen molar-refractivity contribution < 1.29 is 52.0 Å². The molecule has 2 fully saturated rings. The predicted molar refractivity (Wildman–Crippen MR) is 194 cm³/mol. The number of carbonyl (C=O) groups is 4. The molecule has 4 amide bonds. The second kappa shape index (κ2) is 13.3. The van der Waals surface area contributed by atoms with Gasteiger partial charge in [0.15, 0.2) is 35.3 Å². The molecule has 2 aromatic heterocycles. The average molecular weight is 815 g/mol. The minimum Gasteiger partial charge on any atom is -0.503 e. The van der Waals surface area contributed by atoms with Crippen molar-refractivity contribution in [2.45, 2.75) is 69.4 Å². The first kappa shape index (κ1) is 36.8. The third-order valence-electron chi connectivity index (χ3n) is 12.3. The van der Waals surface area contributed by atoms with Crippen molar-refractivity contribution in [1.82, 2.24) is 29.6 Å². The van der Waals surface area contributed by atoms with E-state index in [0.29, 0.717) is 6.42 Å². The van der Waals surface area contributed by atoms with Crippen LogP contribution >= 0.6 is 0 Å². The van der Waals surface area contributed by atoms with Crippen LogP contribution in [0.15, 0.2) is 46.0 Å². The Kier molecular flexibility index (Phi) is 8.29. The van der Waals surface area contributed by atoms with Gasteiger partial charge in [-0.15, -0.1) is 0 Å². The molecule has 8 heterocycles. The molecule has 5 atom stereocenters. The highest BCUT2D eigenvalue weighted by molar-refractivity contribution is 6.01. The Bertz CT molecular complexity index is 2690. The number of halogens is 3. The van der Waals surface area contributed by atoms with Gasteiger partial charge in [-0.2, -0.15) is 0 Å². The van der Waals surface area contributed by atoms with Crippen LogP contribution in [0.5, 0.6) is 11.5 Å². The molecular formula is C40H33F3N6O10. The van der Waals surface area contributed by atoms with Gasteiger partial charge in [0.25, 0.3) is 23.6 Å². The number of aromatic hydroxyl groups is 2. The highest BCUT2D eigenvalue weighted by atomic mass is 19.1. The van der Waals surface area contributed by atoms with Gasteiger partial charge in [-0.1, -0.05) is 18.2 Å². The smallest absolute Gasteiger partial charge is 0.276 e. The molecule has 0 aliphatic carbocycles. The zero-order valence-electron chi connectivity index (χ0n) is 30.8. The Morgan fingerprint density at radius 3 is 1.92 bits per heavy atom. The topological polar surface area (TPSA) is 202 Å². The summed E-state index contributed by atoms with van der Waals surface area (Å²) < 4.78 is 60.5. The Balaban J connectivity index is 0.877. The monoisotopic (exact) mass is 814 g/mol. The first-order valence-electron chi connectivity index (χ1n) is 19.0. The van der Waals surface area contributed by atoms with E-state index in [2.05, 4.69) is 10.6 Å². The van der Waals surface area contributed by atoms with Gasteiger partial charge in [0.05, 0.1) is 25.2 Å². The Morgan fingerprint density at radius 2 is 1.31 bits per heavy atom. The molecule has 0 saturated carbocycles. The lowest BCUT2D eigenvalue weighted by molar-refractivity contribution is -0.0360. The molecule has 2 aromatic carbocycles. The molecule has 0 bridgehead atoms. The number of hydrogen-bond acceptors (Lipinski definition) is 10. The van der Waals surface area contributed by atoms with Gasteiger partial charge in [-0.05, 0) is 49.4 Å². The lowest BCUT2D eigenvalue weighted by atomic mass is 10.0. The predicted octanol–water partition coefficient (Wildman–Crippen LogP) is 2.04. The van der Waals surface area contributed by atoms with E-state index in [0.717, 1.165) is 12.1 Å². The van der Waals surface area contributed by atoms with Crippen LogP contribution in [0, 0.1) is 17.5 Å². The van der Waals surface area contributed by atoms with Crippen LogP contribution in [0.3, 0.4) is 0 Å². The zero-order valence-corrected chi connectivity index (χ0v) is 30.8. The van der Waals surface area contributed by atoms with Crippen molar-refractivity contribution in [1.29, 1.82) is 0 Å². The molecule has 59 heavy (non-hydrogen) atoms. The minimum atomic E-state index is -1.08. The maximum atomic E-state index is 15.7. The number of aromatic nitrogens is 2. The number of benzene rings is 2. The van der Waals surface area contributed by atoms with Crippen LogP contribution in [-0.2, 0) is 35.4 Å². The summed E-state index contributed by atoms with van der Waals surface area (Å²) in [4.78, 5) is 83.2. The molecule has 304 valence electrons. The van der Waals surface area contributed by atoms with Gasteiger partial charge >= 0.3 is 0 Å². The molecule has 2 saturated heterocycles. The second-order valence-corrected chi connectivity index (χ2v) is 15.3. The van der Waals surface area contributed by atoms with Crippen molar-refractivity contribution in [3.63, 3.8) is 0 Å². The molecule has 0 spiro atoms. The average Bonchev–Trinajstić information content (AvgIpc) is 4.03. The van der Waals surface area contributed by atoms with Gasteiger partial charge in [-0.3, -0.25) is 28.8 Å². The Hall–Kier alpha value is -6.47. The molecule has 16 nitrogen and oxygen atoms in total. The van der Waals surface area contributed by atoms with Gasteiger partial charge in [-0.25, -0.2) is 13.2 Å². The number of amides is 4. The van der Waals surface area contributed by atoms with Crippen LogP contribution in [0.25, 0.3) is 0 Å². The van der Waals surface area contributed by atoms with Crippen molar-refractivity contribution in [3.05, 3.63) is 125 Å². The van der Waals surface area contributed by atoms with Crippen LogP contribution in [0.4, 0.5) is 13.2 Å². The van der Waals surface area contributed by atoms with E-state index in [9.17, 15) is 43.4 Å². The normalized spacial score (nSPS) is 23.3. The first-order valence-corrected chi connectivity index (χ1v) is 19.0. The van der Waals surface area contributed by atoms with Gasteiger partial charge in [0, 0.05) is 42.1 Å². The number of hydrogen-bond donors (Lipinski definition) is 4. The molecule has 0 radical (unpaired) electrons. The molecule has 4 N–H and O–H groups in total. The SMILES string of the molecule is O=C(NCc1c(F)cc(C2CN3C(=O)c4c(O)c(=O)c(C(=O)NCc5ccccc5F)c5n4C(CC5)C3O2)cc1F)c1c2n3c(c(O)c1=O)C(=O)N1CCOC1C3CC2. The van der Waals surface area contributed by atoms with Crippen LogP contribution in [-0.4, -0.2) is 84.9 Å². The number of ether oxygens (including phenoxy) is 2. The molecule has 4 aromatic rings. The summed E-state index contributed by atoms with van der Waals surface area (Å²) in [5.41, 5.74) is -3.51. The van der Waals surface area contributed by atoms with Crippen LogP contribution in [0.1, 0.15) is 101 Å². The fourth-order valence-electron chi connectivity index (χ4n) is 9.61. The number of rotatable bonds is 7. The maximum absolute atomic E-state index is 15.7. The quantitative estimate of drug-likeness (QED) is 0.214. The standard InChI is InChI=1S/C40H33F3N6O10/c41-19-4-2-1-3-16(19)13-44-35(54)27-23-6-8-25-40-47(38(57)30(49(23)25)34(53)31(27)50)15-26(59-40)17-11-20(42)18(21(43)12-17)14-45-36(55)28-22-5-7-24-39-46(9-10-58-39)37(56)29(48(22)24)33(52)32(28)51/h1-4,11-12,24-26,39-40,52-53H,5-10,13-15H2,(H,44,54)(H,45,55). The molecule has 5 unspecified atom stereocenters. The molecule has 19 heteroatoms. The van der Waals surface area contributed by atoms with E-state index < -0.39 is 112 Å². The lowest BCUT2D eigenvalue weighted by Gasteiger charge is -2.36. The lowest BCUT2D eigenvalue weighted by Crippen LogP contribution is -2.48. The highest BCUT2D eigenvalue weighted by Crippen LogP contribution is 2.46. The summed E-state index contributed by atoms with van der Waals surface area (Å²) in [5, 5.41) is 26.7. The second-order valence-electron chi connectivity index (χ2n) is 15.3. The molecule has 10 rings (SSSR count).